The SMILES string of the molecule is Cc1ccc(O)c(C(=O)N2CCCN(S(=O)(=O)c3ccc(F)cc3)CC2)c1. The number of aromatic hydroxyl groups is 1. The van der Waals surface area contributed by atoms with Gasteiger partial charge in [0.05, 0.1) is 10.5 Å². The standard InChI is InChI=1S/C19H21FN2O4S/c1-14-3-8-18(23)17(13-14)19(24)21-9-2-10-22(12-11-21)27(25,26)16-6-4-15(20)5-7-16/h3-8,13,23H,2,9-12H2,1H3. The van der Waals surface area contributed by atoms with Crippen LogP contribution in [0.4, 0.5) is 4.39 Å². The average Bonchev–Trinajstić information content (AvgIpc) is 2.90. The Balaban J connectivity index is 1.76. The highest BCUT2D eigenvalue weighted by atomic mass is 32.2. The highest BCUT2D eigenvalue weighted by molar-refractivity contribution is 7.89. The number of aryl methyl sites for hydroxylation is 1. The van der Waals surface area contributed by atoms with Gasteiger partial charge in [-0.05, 0) is 49.7 Å². The Bertz CT molecular complexity index is 945. The van der Waals surface area contributed by atoms with E-state index in [4.69, 9.17) is 0 Å². The first kappa shape index (κ1) is 19.3. The molecule has 1 saturated heterocycles. The van der Waals surface area contributed by atoms with Gasteiger partial charge in [-0.2, -0.15) is 4.31 Å². The first-order chi connectivity index (χ1) is 12.8. The lowest BCUT2D eigenvalue weighted by Gasteiger charge is -2.22. The molecule has 144 valence electrons. The van der Waals surface area contributed by atoms with Crippen LogP contribution < -0.4 is 0 Å². The predicted molar refractivity (Wildman–Crippen MR) is 98.5 cm³/mol. The number of sulfonamides is 1. The molecule has 1 N–H and O–H groups in total. The predicted octanol–water partition coefficient (Wildman–Crippen LogP) is 2.38. The zero-order chi connectivity index (χ0) is 19.6. The third-order valence-electron chi connectivity index (χ3n) is 4.58. The summed E-state index contributed by atoms with van der Waals surface area (Å²) in [5.74, 6) is -0.914. The molecule has 0 aliphatic carbocycles. The number of hydrogen-bond acceptors (Lipinski definition) is 4. The van der Waals surface area contributed by atoms with Crippen molar-refractivity contribution in [1.82, 2.24) is 9.21 Å². The van der Waals surface area contributed by atoms with Gasteiger partial charge in [0.25, 0.3) is 5.91 Å². The Morgan fingerprint density at radius 2 is 1.74 bits per heavy atom. The molecule has 1 fully saturated rings. The summed E-state index contributed by atoms with van der Waals surface area (Å²) >= 11 is 0. The Labute approximate surface area is 157 Å². The van der Waals surface area contributed by atoms with E-state index in [2.05, 4.69) is 0 Å². The Morgan fingerprint density at radius 3 is 2.44 bits per heavy atom. The molecule has 0 radical (unpaired) electrons. The van der Waals surface area contributed by atoms with Gasteiger partial charge in [-0.25, -0.2) is 12.8 Å². The number of phenols is 1. The number of rotatable bonds is 3. The Kier molecular flexibility index (Phi) is 5.48. The maximum absolute atomic E-state index is 13.1. The largest absolute Gasteiger partial charge is 0.507 e. The fraction of sp³-hybridized carbons (Fsp3) is 0.316. The quantitative estimate of drug-likeness (QED) is 0.870. The molecular weight excluding hydrogens is 371 g/mol. The van der Waals surface area contributed by atoms with Crippen LogP contribution >= 0.6 is 0 Å². The van der Waals surface area contributed by atoms with Crippen LogP contribution in [-0.2, 0) is 10.0 Å². The van der Waals surface area contributed by atoms with E-state index < -0.39 is 15.8 Å². The molecule has 1 heterocycles. The first-order valence-corrected chi connectivity index (χ1v) is 10.1. The smallest absolute Gasteiger partial charge is 0.257 e. The summed E-state index contributed by atoms with van der Waals surface area (Å²) in [6, 6.07) is 9.52. The number of carbonyl (C=O) groups excluding carboxylic acids is 1. The van der Waals surface area contributed by atoms with Gasteiger partial charge in [0.15, 0.2) is 0 Å². The second kappa shape index (κ2) is 7.66. The van der Waals surface area contributed by atoms with Crippen molar-refractivity contribution in [3.63, 3.8) is 0 Å². The number of amides is 1. The van der Waals surface area contributed by atoms with Gasteiger partial charge >= 0.3 is 0 Å². The minimum atomic E-state index is -3.75. The van der Waals surface area contributed by atoms with Crippen LogP contribution in [0.15, 0.2) is 47.4 Å². The van der Waals surface area contributed by atoms with E-state index in [-0.39, 0.29) is 41.7 Å². The zero-order valence-corrected chi connectivity index (χ0v) is 15.7. The van der Waals surface area contributed by atoms with E-state index in [1.54, 1.807) is 17.0 Å². The van der Waals surface area contributed by atoms with Gasteiger partial charge in [0, 0.05) is 26.2 Å². The van der Waals surface area contributed by atoms with E-state index in [0.29, 0.717) is 13.0 Å². The normalized spacial score (nSPS) is 16.1. The third-order valence-corrected chi connectivity index (χ3v) is 6.49. The molecule has 0 aromatic heterocycles. The summed E-state index contributed by atoms with van der Waals surface area (Å²) in [7, 11) is -3.75. The van der Waals surface area contributed by atoms with Gasteiger partial charge < -0.3 is 10.0 Å². The topological polar surface area (TPSA) is 77.9 Å². The first-order valence-electron chi connectivity index (χ1n) is 8.63. The lowest BCUT2D eigenvalue weighted by molar-refractivity contribution is 0.0761. The summed E-state index contributed by atoms with van der Waals surface area (Å²) in [4.78, 5) is 14.3. The van der Waals surface area contributed by atoms with Gasteiger partial charge in [0.2, 0.25) is 10.0 Å². The Morgan fingerprint density at radius 1 is 1.04 bits per heavy atom. The lowest BCUT2D eigenvalue weighted by atomic mass is 10.1. The second-order valence-electron chi connectivity index (χ2n) is 6.52. The van der Waals surface area contributed by atoms with E-state index in [0.717, 1.165) is 17.7 Å². The zero-order valence-electron chi connectivity index (χ0n) is 14.9. The molecular formula is C19H21FN2O4S. The average molecular weight is 392 g/mol. The van der Waals surface area contributed by atoms with Crippen LogP contribution in [0, 0.1) is 12.7 Å². The number of halogens is 1. The number of hydrogen-bond donors (Lipinski definition) is 1. The summed E-state index contributed by atoms with van der Waals surface area (Å²) < 4.78 is 39.9. The summed E-state index contributed by atoms with van der Waals surface area (Å²) in [6.07, 6.45) is 0.471. The van der Waals surface area contributed by atoms with Crippen LogP contribution in [0.2, 0.25) is 0 Å². The van der Waals surface area contributed by atoms with Crippen molar-refractivity contribution in [2.45, 2.75) is 18.2 Å². The van der Waals surface area contributed by atoms with Gasteiger partial charge in [0.1, 0.15) is 11.6 Å². The van der Waals surface area contributed by atoms with Crippen molar-refractivity contribution >= 4 is 15.9 Å². The summed E-state index contributed by atoms with van der Waals surface area (Å²) in [6.45, 7) is 2.84. The van der Waals surface area contributed by atoms with Crippen molar-refractivity contribution < 1.29 is 22.7 Å². The molecule has 3 rings (SSSR count). The number of phenolic OH excluding ortho intramolecular Hbond substituents is 1. The molecule has 0 saturated carbocycles. The van der Waals surface area contributed by atoms with E-state index in [1.807, 2.05) is 6.92 Å². The van der Waals surface area contributed by atoms with Crippen LogP contribution in [0.3, 0.4) is 0 Å². The van der Waals surface area contributed by atoms with Crippen molar-refractivity contribution in [2.75, 3.05) is 26.2 Å². The van der Waals surface area contributed by atoms with Gasteiger partial charge in [-0.15, -0.1) is 0 Å². The molecule has 0 unspecified atom stereocenters. The molecule has 6 nitrogen and oxygen atoms in total. The lowest BCUT2D eigenvalue weighted by Crippen LogP contribution is -2.37. The van der Waals surface area contributed by atoms with Crippen LogP contribution in [-0.4, -0.2) is 54.8 Å². The number of benzene rings is 2. The van der Waals surface area contributed by atoms with Crippen molar-refractivity contribution in [1.29, 1.82) is 0 Å². The molecule has 0 atom stereocenters. The van der Waals surface area contributed by atoms with Gasteiger partial charge in [-0.3, -0.25) is 4.79 Å². The Hall–Kier alpha value is -2.45. The third kappa shape index (κ3) is 4.12. The molecule has 0 spiro atoms. The molecule has 0 bridgehead atoms. The summed E-state index contributed by atoms with van der Waals surface area (Å²) in [5, 5.41) is 9.97. The molecule has 2 aromatic rings. The van der Waals surface area contributed by atoms with E-state index in [9.17, 15) is 22.7 Å². The molecule has 1 aliphatic rings. The van der Waals surface area contributed by atoms with E-state index >= 15 is 0 Å². The van der Waals surface area contributed by atoms with Gasteiger partial charge in [-0.1, -0.05) is 11.6 Å². The fourth-order valence-corrected chi connectivity index (χ4v) is 4.55. The maximum Gasteiger partial charge on any atom is 0.257 e. The van der Waals surface area contributed by atoms with Crippen LogP contribution in [0.25, 0.3) is 0 Å². The molecule has 8 heteroatoms. The minimum absolute atomic E-state index is 0.0278. The van der Waals surface area contributed by atoms with Crippen molar-refractivity contribution in [3.05, 3.63) is 59.4 Å². The number of nitrogens with zero attached hydrogens (tertiary/aromatic N) is 2. The highest BCUT2D eigenvalue weighted by Crippen LogP contribution is 2.22. The van der Waals surface area contributed by atoms with Crippen LogP contribution in [0.1, 0.15) is 22.3 Å². The highest BCUT2D eigenvalue weighted by Gasteiger charge is 2.29. The minimum Gasteiger partial charge on any atom is -0.507 e. The molecule has 1 amide bonds. The molecule has 1 aliphatic heterocycles. The summed E-state index contributed by atoms with van der Waals surface area (Å²) in [5.41, 5.74) is 1.07. The maximum atomic E-state index is 13.1. The molecule has 27 heavy (non-hydrogen) atoms. The van der Waals surface area contributed by atoms with Crippen molar-refractivity contribution in [3.8, 4) is 5.75 Å². The van der Waals surface area contributed by atoms with Crippen LogP contribution in [0.5, 0.6) is 5.75 Å². The number of carbonyl (C=O) groups is 1. The van der Waals surface area contributed by atoms with E-state index in [1.165, 1.54) is 22.5 Å². The fourth-order valence-electron chi connectivity index (χ4n) is 3.08. The second-order valence-corrected chi connectivity index (χ2v) is 8.46. The molecule has 2 aromatic carbocycles. The van der Waals surface area contributed by atoms with Crippen molar-refractivity contribution in [2.24, 2.45) is 0 Å². The monoisotopic (exact) mass is 392 g/mol.